The van der Waals surface area contributed by atoms with Crippen LogP contribution in [0.25, 0.3) is 10.2 Å². The van der Waals surface area contributed by atoms with Crippen LogP contribution in [0.3, 0.4) is 0 Å². The van der Waals surface area contributed by atoms with E-state index in [4.69, 9.17) is 4.74 Å². The number of carbonyl (C=O) groups excluding carboxylic acids is 2. The largest absolute Gasteiger partial charge is 0.465 e. The van der Waals surface area contributed by atoms with Crippen LogP contribution in [0, 0.1) is 0 Å². The van der Waals surface area contributed by atoms with E-state index in [1.807, 2.05) is 31.4 Å². The molecule has 2 heterocycles. The maximum absolute atomic E-state index is 12.5. The van der Waals surface area contributed by atoms with Gasteiger partial charge in [0.05, 0.1) is 16.8 Å². The lowest BCUT2D eigenvalue weighted by Crippen LogP contribution is -2.23. The van der Waals surface area contributed by atoms with Crippen molar-refractivity contribution in [1.29, 1.82) is 0 Å². The third-order valence-corrected chi connectivity index (χ3v) is 5.63. The van der Waals surface area contributed by atoms with Crippen LogP contribution in [0.1, 0.15) is 24.3 Å². The van der Waals surface area contributed by atoms with Gasteiger partial charge in [0.1, 0.15) is 6.54 Å². The molecule has 0 spiro atoms. The second kappa shape index (κ2) is 8.53. The molecule has 3 rings (SSSR count). The molecule has 0 saturated carbocycles. The van der Waals surface area contributed by atoms with Gasteiger partial charge in [-0.05, 0) is 44.4 Å². The van der Waals surface area contributed by atoms with Gasteiger partial charge in [-0.3, -0.25) is 14.3 Å². The number of thioether (sulfide) groups is 1. The minimum absolute atomic E-state index is 0.00195. The second-order valence-corrected chi connectivity index (χ2v) is 7.47. The average molecular weight is 405 g/mol. The highest BCUT2D eigenvalue weighted by molar-refractivity contribution is 7.98. The van der Waals surface area contributed by atoms with E-state index in [1.165, 1.54) is 11.3 Å². The number of ether oxygens (including phenoxy) is 1. The summed E-state index contributed by atoms with van der Waals surface area (Å²) in [6.07, 6.45) is 3.74. The topological polar surface area (TPSA) is 78.5 Å². The Hall–Kier alpha value is -2.39. The van der Waals surface area contributed by atoms with E-state index in [1.54, 1.807) is 40.2 Å². The highest BCUT2D eigenvalue weighted by Crippen LogP contribution is 2.24. The highest BCUT2D eigenvalue weighted by atomic mass is 32.2. The lowest BCUT2D eigenvalue weighted by Gasteiger charge is -2.05. The first-order chi connectivity index (χ1) is 13.0. The van der Waals surface area contributed by atoms with Crippen LogP contribution in [0.5, 0.6) is 0 Å². The van der Waals surface area contributed by atoms with Gasteiger partial charge < -0.3 is 9.30 Å². The van der Waals surface area contributed by atoms with Gasteiger partial charge in [-0.2, -0.15) is 10.1 Å². The van der Waals surface area contributed by atoms with Crippen molar-refractivity contribution in [3.05, 3.63) is 41.0 Å². The van der Waals surface area contributed by atoms with Crippen molar-refractivity contribution in [3.63, 3.8) is 0 Å². The van der Waals surface area contributed by atoms with E-state index in [2.05, 4.69) is 10.1 Å². The molecule has 0 fully saturated rings. The minimum Gasteiger partial charge on any atom is -0.465 e. The molecule has 0 aliphatic rings. The van der Waals surface area contributed by atoms with Crippen LogP contribution in [-0.2, 0) is 22.6 Å². The zero-order valence-corrected chi connectivity index (χ0v) is 17.0. The third kappa shape index (κ3) is 4.30. The summed E-state index contributed by atoms with van der Waals surface area (Å²) in [7, 11) is 0. The molecule has 0 aliphatic heterocycles. The predicted octanol–water partition coefficient (Wildman–Crippen LogP) is 2.95. The molecular weight excluding hydrogens is 384 g/mol. The number of fused-ring (bicyclic) bond motifs is 1. The third-order valence-electron chi connectivity index (χ3n) is 3.86. The monoisotopic (exact) mass is 404 g/mol. The molecule has 0 saturated heterocycles. The molecule has 0 atom stereocenters. The summed E-state index contributed by atoms with van der Waals surface area (Å²) < 4.78 is 9.42. The SMILES string of the molecule is CCOC(=O)Cn1c(=NC(=O)c2ccn(CC)n2)sc2cc(SC)ccc21. The number of thiazole rings is 1. The van der Waals surface area contributed by atoms with Crippen LogP contribution in [0.15, 0.2) is 40.4 Å². The molecule has 7 nitrogen and oxygen atoms in total. The Balaban J connectivity index is 2.08. The molecule has 142 valence electrons. The summed E-state index contributed by atoms with van der Waals surface area (Å²) in [5.74, 6) is -0.799. The van der Waals surface area contributed by atoms with E-state index in [9.17, 15) is 9.59 Å². The number of aromatic nitrogens is 3. The van der Waals surface area contributed by atoms with Crippen molar-refractivity contribution in [1.82, 2.24) is 14.3 Å². The molecule has 9 heteroatoms. The van der Waals surface area contributed by atoms with E-state index in [-0.39, 0.29) is 18.2 Å². The van der Waals surface area contributed by atoms with Gasteiger partial charge in [0.15, 0.2) is 10.5 Å². The number of benzene rings is 1. The molecule has 0 radical (unpaired) electrons. The summed E-state index contributed by atoms with van der Waals surface area (Å²) in [6, 6.07) is 7.59. The first kappa shape index (κ1) is 19.4. The van der Waals surface area contributed by atoms with Crippen LogP contribution in [0.4, 0.5) is 0 Å². The molecule has 27 heavy (non-hydrogen) atoms. The molecule has 2 aromatic heterocycles. The fourth-order valence-electron chi connectivity index (χ4n) is 2.55. The Morgan fingerprint density at radius 1 is 1.30 bits per heavy atom. The van der Waals surface area contributed by atoms with Crippen molar-refractivity contribution in [2.45, 2.75) is 31.8 Å². The summed E-state index contributed by atoms with van der Waals surface area (Å²) in [5, 5.41) is 4.20. The van der Waals surface area contributed by atoms with Crippen molar-refractivity contribution in [3.8, 4) is 0 Å². The van der Waals surface area contributed by atoms with Gasteiger partial charge in [-0.25, -0.2) is 0 Å². The van der Waals surface area contributed by atoms with Gasteiger partial charge in [0, 0.05) is 17.6 Å². The number of hydrogen-bond donors (Lipinski definition) is 0. The summed E-state index contributed by atoms with van der Waals surface area (Å²) in [4.78, 5) is 30.4. The number of nitrogens with zero attached hydrogens (tertiary/aromatic N) is 4. The number of aryl methyl sites for hydroxylation is 1. The van der Waals surface area contributed by atoms with Crippen LogP contribution in [-0.4, -0.2) is 39.1 Å². The summed E-state index contributed by atoms with van der Waals surface area (Å²) in [5.41, 5.74) is 1.12. The lowest BCUT2D eigenvalue weighted by atomic mass is 10.3. The molecule has 1 aromatic carbocycles. The average Bonchev–Trinajstić information content (AvgIpc) is 3.27. The molecule has 1 amide bonds. The Morgan fingerprint density at radius 2 is 2.11 bits per heavy atom. The predicted molar refractivity (Wildman–Crippen MR) is 106 cm³/mol. The highest BCUT2D eigenvalue weighted by Gasteiger charge is 2.14. The Labute approximate surface area is 164 Å². The quantitative estimate of drug-likeness (QED) is 0.466. The summed E-state index contributed by atoms with van der Waals surface area (Å²) in [6.45, 7) is 4.69. The Bertz CT molecular complexity index is 1050. The summed E-state index contributed by atoms with van der Waals surface area (Å²) >= 11 is 3.00. The number of carbonyl (C=O) groups is 2. The van der Waals surface area contributed by atoms with Crippen LogP contribution < -0.4 is 4.80 Å². The fraction of sp³-hybridized carbons (Fsp3) is 0.333. The van der Waals surface area contributed by atoms with Crippen LogP contribution >= 0.6 is 23.1 Å². The van der Waals surface area contributed by atoms with Crippen LogP contribution in [0.2, 0.25) is 0 Å². The first-order valence-corrected chi connectivity index (χ1v) is 10.5. The normalized spacial score (nSPS) is 11.9. The van der Waals surface area contributed by atoms with Gasteiger partial charge in [0.25, 0.3) is 5.91 Å². The van der Waals surface area contributed by atoms with Crippen molar-refractivity contribution < 1.29 is 14.3 Å². The number of hydrogen-bond acceptors (Lipinski definition) is 6. The standard InChI is InChI=1S/C18H20N4O3S2/c1-4-21-9-8-13(20-21)17(24)19-18-22(11-16(23)25-5-2)14-7-6-12(26-3)10-15(14)27-18/h6-10H,4-5,11H2,1-3H3. The van der Waals surface area contributed by atoms with E-state index < -0.39 is 5.91 Å². The molecule has 0 unspecified atom stereocenters. The smallest absolute Gasteiger partial charge is 0.326 e. The van der Waals surface area contributed by atoms with Gasteiger partial charge in [-0.15, -0.1) is 11.8 Å². The van der Waals surface area contributed by atoms with Gasteiger partial charge >= 0.3 is 5.97 Å². The van der Waals surface area contributed by atoms with E-state index in [0.717, 1.165) is 15.1 Å². The maximum Gasteiger partial charge on any atom is 0.326 e. The van der Waals surface area contributed by atoms with Crippen molar-refractivity contribution >= 4 is 45.2 Å². The first-order valence-electron chi connectivity index (χ1n) is 8.51. The Morgan fingerprint density at radius 3 is 2.78 bits per heavy atom. The lowest BCUT2D eigenvalue weighted by molar-refractivity contribution is -0.143. The van der Waals surface area contributed by atoms with Gasteiger partial charge in [0.2, 0.25) is 0 Å². The zero-order valence-electron chi connectivity index (χ0n) is 15.3. The fourth-order valence-corrected chi connectivity index (χ4v) is 4.13. The zero-order chi connectivity index (χ0) is 19.4. The van der Waals surface area contributed by atoms with Gasteiger partial charge in [-0.1, -0.05) is 11.3 Å². The Kier molecular flexibility index (Phi) is 6.12. The molecule has 3 aromatic rings. The second-order valence-electron chi connectivity index (χ2n) is 5.58. The minimum atomic E-state index is -0.434. The molecule has 0 N–H and O–H groups in total. The number of amides is 1. The van der Waals surface area contributed by atoms with E-state index >= 15 is 0 Å². The van der Waals surface area contributed by atoms with Crippen molar-refractivity contribution in [2.24, 2.45) is 4.99 Å². The van der Waals surface area contributed by atoms with Crippen molar-refractivity contribution in [2.75, 3.05) is 12.9 Å². The molecule has 0 bridgehead atoms. The maximum atomic E-state index is 12.5. The number of esters is 1. The molecular formula is C18H20N4O3S2. The number of rotatable bonds is 6. The molecule has 0 aliphatic carbocycles. The van der Waals surface area contributed by atoms with E-state index in [0.29, 0.717) is 18.0 Å².